The summed E-state index contributed by atoms with van der Waals surface area (Å²) in [5.41, 5.74) is 7.46. The number of methoxy groups -OCH3 is 1. The number of Topliss-reactive ketones (excluding diaryl/α,β-unsaturated/α-hetero) is 1. The van der Waals surface area contributed by atoms with Crippen molar-refractivity contribution in [3.8, 4) is 0 Å². The summed E-state index contributed by atoms with van der Waals surface area (Å²) in [6.45, 7) is 125. The van der Waals surface area contributed by atoms with Crippen LogP contribution in [0.15, 0.2) is 24.3 Å². The number of esters is 1. The van der Waals surface area contributed by atoms with Gasteiger partial charge in [0.2, 0.25) is 17.7 Å². The molecule has 3 heterocycles. The van der Waals surface area contributed by atoms with Gasteiger partial charge in [0.05, 0.1) is 18.8 Å². The lowest BCUT2D eigenvalue weighted by atomic mass is 9.80. The Morgan fingerprint density at radius 1 is 0.393 bits per heavy atom. The molecule has 1 aromatic carbocycles. The van der Waals surface area contributed by atoms with Crippen LogP contribution in [0.25, 0.3) is 0 Å². The smallest absolute Gasteiger partial charge is 0.305 e. The number of ketones is 1. The summed E-state index contributed by atoms with van der Waals surface area (Å²) < 4.78 is 10.4. The molecule has 0 aliphatic carbocycles. The van der Waals surface area contributed by atoms with E-state index < -0.39 is 0 Å². The van der Waals surface area contributed by atoms with E-state index in [2.05, 4.69) is 486 Å². The SMILES string of the molecule is CC(CCN(C)C)C(C)(C)C.CCC(=O)CCC(C)(C)C.CCCC(C)C(C)(C)C.CCC[C@@H](C)C(C)(C)C.CN(C)C(=O)CCC(C)(C)C.CN(C)C(=O)CCC(C)(C)C.CN(C)CCCC(C)(C)C.CN1CCC(OC(C)(C)C)CC1.CNC(=O)CCC(C)(C)C.COC(=O)CCC(C)(C)C.C[C@@H]1C[C@@H](CC(C)(C)C)N(C)C1.C[C@H](CCN(C)C)C(C)(C)C.C[C@H]1CC(CC(C)(C)C)N(C)C1.Cc1ccc(NC(C)(C)C)cc1. The van der Waals surface area contributed by atoms with Gasteiger partial charge in [-0.05, 0) is 340 Å². The highest BCUT2D eigenvalue weighted by Crippen LogP contribution is 2.36. The van der Waals surface area contributed by atoms with Crippen LogP contribution in [0.1, 0.15) is 519 Å². The van der Waals surface area contributed by atoms with Crippen LogP contribution < -0.4 is 10.6 Å². The van der Waals surface area contributed by atoms with Crippen LogP contribution in [0.3, 0.4) is 0 Å². The molecule has 1 aromatic rings. The van der Waals surface area contributed by atoms with E-state index in [0.717, 1.165) is 86.1 Å². The summed E-state index contributed by atoms with van der Waals surface area (Å²) in [5.74, 6) is 6.00. The monoisotopic (exact) mass is 2130 g/mol. The topological polar surface area (TPSA) is 154 Å². The summed E-state index contributed by atoms with van der Waals surface area (Å²) in [6.07, 6.45) is 27.7. The zero-order valence-corrected chi connectivity index (χ0v) is 115. The average Bonchev–Trinajstić information content (AvgIpc) is 1.73. The Bertz CT molecular complexity index is 3170. The Kier molecular flexibility index (Phi) is 90.7. The van der Waals surface area contributed by atoms with Crippen LogP contribution in [-0.2, 0) is 33.4 Å². The maximum absolute atomic E-state index is 11.1. The van der Waals surface area contributed by atoms with Crippen LogP contribution in [0.2, 0.25) is 0 Å². The molecule has 3 fully saturated rings. The minimum atomic E-state index is -0.116. The van der Waals surface area contributed by atoms with Gasteiger partial charge in [0.15, 0.2) is 0 Å². The summed E-state index contributed by atoms with van der Waals surface area (Å²) >= 11 is 0. The number of nitrogens with zero attached hydrogens (tertiary/aromatic N) is 8. The van der Waals surface area contributed by atoms with E-state index in [0.29, 0.717) is 87.3 Å². The van der Waals surface area contributed by atoms with Gasteiger partial charge in [-0.3, -0.25) is 24.0 Å². The first-order chi connectivity index (χ1) is 66.8. The molecule has 3 saturated heterocycles. The second-order valence-corrected chi connectivity index (χ2v) is 62.7. The zero-order chi connectivity index (χ0) is 121. The normalized spacial score (nSPS) is 16.9. The number of hydrogen-bond donors (Lipinski definition) is 2. The lowest BCUT2D eigenvalue weighted by Crippen LogP contribution is -2.37. The predicted octanol–water partition coefficient (Wildman–Crippen LogP) is 35.3. The van der Waals surface area contributed by atoms with Crippen LogP contribution in [0.4, 0.5) is 5.69 Å². The molecule has 904 valence electrons. The molecule has 0 bridgehead atoms. The molecule has 3 aliphatic heterocycles. The molecule has 0 aromatic heterocycles. The van der Waals surface area contributed by atoms with Crippen LogP contribution in [0.5, 0.6) is 0 Å². The van der Waals surface area contributed by atoms with Gasteiger partial charge in [-0.2, -0.15) is 0 Å². The number of amides is 3. The number of aryl methyl sites for hydroxylation is 1. The lowest BCUT2D eigenvalue weighted by Gasteiger charge is -2.33. The molecule has 2 N–H and O–H groups in total. The van der Waals surface area contributed by atoms with E-state index in [4.69, 9.17) is 4.74 Å². The summed E-state index contributed by atoms with van der Waals surface area (Å²) in [7, 11) is 29.8. The fraction of sp³-hybridized carbons (Fsp3) is 0.917. The maximum Gasteiger partial charge on any atom is 0.305 e. The van der Waals surface area contributed by atoms with Gasteiger partial charge < -0.3 is 59.3 Å². The number of carbonyl (C=O) groups excluding carboxylic acids is 5. The van der Waals surface area contributed by atoms with Gasteiger partial charge in [-0.15, -0.1) is 0 Å². The van der Waals surface area contributed by atoms with Gasteiger partial charge >= 0.3 is 5.97 Å². The summed E-state index contributed by atoms with van der Waals surface area (Å²) in [4.78, 5) is 71.9. The number of piperidine rings is 1. The molecule has 0 saturated carbocycles. The van der Waals surface area contributed by atoms with Crippen molar-refractivity contribution in [2.24, 2.45) is 100 Å². The second kappa shape index (κ2) is 81.8. The van der Waals surface area contributed by atoms with E-state index >= 15 is 0 Å². The van der Waals surface area contributed by atoms with Gasteiger partial charge in [0.1, 0.15) is 5.78 Å². The third-order valence-corrected chi connectivity index (χ3v) is 27.6. The Labute approximate surface area is 944 Å². The molecule has 150 heavy (non-hydrogen) atoms. The molecule has 0 radical (unpaired) electrons. The van der Waals surface area contributed by atoms with Crippen LogP contribution >= 0.6 is 0 Å². The van der Waals surface area contributed by atoms with Crippen molar-refractivity contribution >= 4 is 35.2 Å². The highest BCUT2D eigenvalue weighted by Gasteiger charge is 2.33. The van der Waals surface area contributed by atoms with Crippen molar-refractivity contribution < 1.29 is 33.4 Å². The van der Waals surface area contributed by atoms with Gasteiger partial charge in [0, 0.05) is 123 Å². The number of benzene rings is 1. The standard InChI is InChI=1S/2C11H23N.C11H17N.C10H21NO.2C10H23N.2C9H19NO.C9H21N.C9H18O.2C9H20.C8H17NO.C8H16O2/c2*1-9-6-10(12(5)8-9)7-11(2,3)4;1-9-5-7-10(8-6-9)12-11(2,3)4;1-10(2,3)12-9-5-7-11(4)8-6-9;2*1-9(10(2,3)4)7-8-11(5)6;2*1-9(2,3)7-6-8(11)10(4)5;1-9(2,3)7-6-8-10(4)5;1-5-8(10)6-7-9(2,3)4;2*1-6-7-8(2)9(3,4)5;1-8(2,3)6-5-7(10)9-4;1-8(2,3)6-5-7(9)10-4/h2*9-10H,6-8H2,1-5H3;5-8,12H,1-4H3;9H,5-8H2,1-4H3;2*9H,7-8H2,1-6H3;2*6-7H2,1-5H3;6-8H2,1-5H3;5-7H2,1-4H3;2*8H,6-7H2,1-5H3;5-6H2,1-4H3,(H,9,10);5-6H2,1-4H3/t9-,10?;9-,10+;;;9-;;;;;;8-;;;/m01..1.....1.../s1. The molecular formula is C133H280N10O7. The van der Waals surface area contributed by atoms with E-state index in [1.54, 1.807) is 45.0 Å². The first kappa shape index (κ1) is 166. The first-order valence-electron chi connectivity index (χ1n) is 59.5. The zero-order valence-electron chi connectivity index (χ0n) is 115. The molecule has 3 aliphatic rings. The highest BCUT2D eigenvalue weighted by atomic mass is 16.5. The van der Waals surface area contributed by atoms with Crippen molar-refractivity contribution in [2.45, 2.75) is 550 Å². The Morgan fingerprint density at radius 2 is 0.680 bits per heavy atom. The number of anilines is 1. The molecule has 8 atom stereocenters. The van der Waals surface area contributed by atoms with Crippen LogP contribution in [0, 0.1) is 107 Å². The number of ether oxygens (including phenoxy) is 2. The van der Waals surface area contributed by atoms with E-state index in [1.807, 2.05) is 6.92 Å². The Morgan fingerprint density at radius 3 is 0.900 bits per heavy atom. The largest absolute Gasteiger partial charge is 0.469 e. The average molecular weight is 2130 g/mol. The minimum Gasteiger partial charge on any atom is -0.469 e. The third-order valence-electron chi connectivity index (χ3n) is 27.6. The molecule has 0 spiro atoms. The first-order valence-corrected chi connectivity index (χ1v) is 59.5. The number of likely N-dealkylation sites (tertiary alicyclic amines) is 3. The second-order valence-electron chi connectivity index (χ2n) is 62.7. The Balaban J connectivity index is -0.000000176. The van der Waals surface area contributed by atoms with Gasteiger partial charge in [-0.1, -0.05) is 355 Å². The van der Waals surface area contributed by atoms with Gasteiger partial charge in [0.25, 0.3) is 0 Å². The number of hydrogen-bond acceptors (Lipinski definition) is 14. The quantitative estimate of drug-likeness (QED) is 0.0765. The van der Waals surface area contributed by atoms with Crippen molar-refractivity contribution in [3.63, 3.8) is 0 Å². The number of rotatable bonds is 28. The van der Waals surface area contributed by atoms with Crippen molar-refractivity contribution in [3.05, 3.63) is 29.8 Å². The van der Waals surface area contributed by atoms with E-state index in [1.165, 1.54) is 154 Å². The third kappa shape index (κ3) is 129. The van der Waals surface area contributed by atoms with E-state index in [-0.39, 0.29) is 56.5 Å². The highest BCUT2D eigenvalue weighted by molar-refractivity contribution is 5.78. The molecule has 3 amide bonds. The van der Waals surface area contributed by atoms with Crippen molar-refractivity contribution in [1.29, 1.82) is 0 Å². The molecule has 17 nitrogen and oxygen atoms in total. The van der Waals surface area contributed by atoms with Crippen LogP contribution in [-0.4, -0.2) is 250 Å². The number of nitrogens with one attached hydrogen (secondary N) is 2. The summed E-state index contributed by atoms with van der Waals surface area (Å²) in [6, 6.07) is 10.1. The van der Waals surface area contributed by atoms with Gasteiger partial charge in [-0.25, -0.2) is 0 Å². The van der Waals surface area contributed by atoms with Crippen molar-refractivity contribution in [1.82, 2.24) is 44.5 Å². The molecule has 4 rings (SSSR count). The van der Waals surface area contributed by atoms with E-state index in [9.17, 15) is 24.0 Å². The fourth-order valence-electron chi connectivity index (χ4n) is 15.0. The number of carbonyl (C=O) groups is 5. The maximum atomic E-state index is 11.1. The molecular weight excluding hydrogens is 1850 g/mol. The Hall–Kier alpha value is -3.71. The lowest BCUT2D eigenvalue weighted by molar-refractivity contribution is -0.141. The minimum absolute atomic E-state index is 0.0284. The van der Waals surface area contributed by atoms with Crippen molar-refractivity contribution in [2.75, 3.05) is 157 Å². The summed E-state index contributed by atoms with van der Waals surface area (Å²) in [5, 5.41) is 6.01. The predicted molar refractivity (Wildman–Crippen MR) is 675 cm³/mol. The molecule has 17 heteroatoms. The fourth-order valence-corrected chi connectivity index (χ4v) is 15.0. The molecule has 3 unspecified atom stereocenters.